The Morgan fingerprint density at radius 3 is 0.800 bits per heavy atom. The van der Waals surface area contributed by atoms with Crippen molar-refractivity contribution in [2.24, 2.45) is 0 Å². The molecule has 14 heteroatoms. The van der Waals surface area contributed by atoms with E-state index in [1.807, 2.05) is 0 Å². The summed E-state index contributed by atoms with van der Waals surface area (Å²) in [6.45, 7) is 1.08. The van der Waals surface area contributed by atoms with Crippen LogP contribution in [0.15, 0.2) is 0 Å². The van der Waals surface area contributed by atoms with E-state index in [0.717, 1.165) is 6.92 Å². The number of carboxylic acid groups (broad SMARTS) is 1. The summed E-state index contributed by atoms with van der Waals surface area (Å²) >= 11 is 57.7. The number of rotatable bonds is 0. The molecule has 0 aliphatic rings. The van der Waals surface area contributed by atoms with Crippen LogP contribution in [0, 0.1) is 0 Å². The SMILES string of the molecule is CC(=O)O.CCl.ClC(Cl)(Cl)Cl.ClC(Cl)(Cl)Cl.ClC(Cl)Cl. The lowest BCUT2D eigenvalue weighted by Crippen LogP contribution is -1.81. The zero-order chi connectivity index (χ0) is 18.2. The molecule has 0 aromatic heterocycles. The van der Waals surface area contributed by atoms with Gasteiger partial charge in [-0.15, -0.1) is 11.6 Å². The zero-order valence-corrected chi connectivity index (χ0v) is 18.5. The standard InChI is InChI=1S/C2H4O2.2CCl4.CHCl3.CH3Cl/c1-2(3)4;2*2-1(3,4)5;2-1(3)4;1-2/h1H3,(H,3,4);;;1H;1H3. The van der Waals surface area contributed by atoms with Crippen molar-refractivity contribution < 1.29 is 9.90 Å². The van der Waals surface area contributed by atoms with Crippen molar-refractivity contribution in [3.05, 3.63) is 0 Å². The number of aliphatic carboxylic acids is 1. The van der Waals surface area contributed by atoms with Crippen molar-refractivity contribution >= 4 is 145 Å². The van der Waals surface area contributed by atoms with Crippen LogP contribution in [-0.4, -0.2) is 28.3 Å². The van der Waals surface area contributed by atoms with Crippen LogP contribution in [0.3, 0.4) is 0 Å². The van der Waals surface area contributed by atoms with Crippen LogP contribution in [-0.2, 0) is 4.79 Å². The highest BCUT2D eigenvalue weighted by Crippen LogP contribution is 2.30. The van der Waals surface area contributed by atoms with Crippen LogP contribution in [0.5, 0.6) is 0 Å². The molecule has 0 saturated heterocycles. The average Bonchev–Trinajstić information content (AvgIpc) is 1.96. The molecule has 0 bridgehead atoms. The summed E-state index contributed by atoms with van der Waals surface area (Å²) in [4.78, 5) is 9.00. The van der Waals surface area contributed by atoms with Gasteiger partial charge in [0.15, 0.2) is 4.30 Å². The van der Waals surface area contributed by atoms with E-state index >= 15 is 0 Å². The molecule has 1 N–H and O–H groups in total. The summed E-state index contributed by atoms with van der Waals surface area (Å²) < 4.78 is -3.97. The minimum absolute atomic E-state index is 0.750. The van der Waals surface area contributed by atoms with E-state index in [-0.39, 0.29) is 0 Å². The topological polar surface area (TPSA) is 37.3 Å². The Balaban J connectivity index is -0.0000000482. The molecule has 0 fully saturated rings. The average molecular weight is 538 g/mol. The summed E-state index contributed by atoms with van der Waals surface area (Å²) in [5.41, 5.74) is 0. The molecule has 0 aliphatic heterocycles. The van der Waals surface area contributed by atoms with Gasteiger partial charge in [0.25, 0.3) is 12.5 Å². The van der Waals surface area contributed by atoms with Gasteiger partial charge in [-0.3, -0.25) is 4.79 Å². The third kappa shape index (κ3) is 958. The quantitative estimate of drug-likeness (QED) is 0.318. The first kappa shape index (κ1) is 34.3. The summed E-state index contributed by atoms with van der Waals surface area (Å²) in [5.74, 6) is -0.833. The van der Waals surface area contributed by atoms with Crippen LogP contribution >= 0.6 is 139 Å². The molecule has 0 aromatic carbocycles. The second kappa shape index (κ2) is 21.9. The molecule has 0 radical (unpaired) electrons. The molecule has 20 heavy (non-hydrogen) atoms. The van der Waals surface area contributed by atoms with Crippen molar-refractivity contribution in [1.29, 1.82) is 0 Å². The molecule has 0 saturated carbocycles. The maximum absolute atomic E-state index is 9.00. The van der Waals surface area contributed by atoms with Gasteiger partial charge in [-0.05, 0) is 0 Å². The van der Waals surface area contributed by atoms with Gasteiger partial charge in [0.1, 0.15) is 0 Å². The van der Waals surface area contributed by atoms with Crippen molar-refractivity contribution in [3.8, 4) is 0 Å². The molecule has 0 unspecified atom stereocenters. The molecule has 0 atom stereocenters. The van der Waals surface area contributed by atoms with Gasteiger partial charge in [-0.25, -0.2) is 0 Å². The number of halogens is 12. The summed E-state index contributed by atoms with van der Waals surface area (Å²) in [5, 5.41) is 7.42. The van der Waals surface area contributed by atoms with Gasteiger partial charge in [0.05, 0.1) is 0 Å². The Morgan fingerprint density at radius 2 is 0.800 bits per heavy atom. The lowest BCUT2D eigenvalue weighted by atomic mass is 10.9. The summed E-state index contributed by atoms with van der Waals surface area (Å²) in [6.07, 6.45) is 1.47. The fraction of sp³-hybridized carbons (Fsp3) is 0.833. The first-order valence-corrected chi connectivity index (χ1v) is 8.56. The number of hydrogen-bond acceptors (Lipinski definition) is 1. The Bertz CT molecular complexity index is 155. The maximum atomic E-state index is 9.00. The fourth-order valence-electron chi connectivity index (χ4n) is 0. The molecular formula is C6H8Cl12O2. The first-order valence-electron chi connectivity index (χ1n) is 3.47. The van der Waals surface area contributed by atoms with E-state index in [4.69, 9.17) is 138 Å². The largest absolute Gasteiger partial charge is 0.481 e. The van der Waals surface area contributed by atoms with Crippen LogP contribution in [0.2, 0.25) is 0 Å². The van der Waals surface area contributed by atoms with Crippen molar-refractivity contribution in [2.45, 2.75) is 17.7 Å². The Kier molecular flexibility index (Phi) is 37.7. The van der Waals surface area contributed by atoms with Crippen LogP contribution in [0.4, 0.5) is 0 Å². The van der Waals surface area contributed by atoms with Crippen molar-refractivity contribution in [2.75, 3.05) is 6.38 Å². The van der Waals surface area contributed by atoms with E-state index in [0.29, 0.717) is 0 Å². The molecule has 2 nitrogen and oxygen atoms in total. The highest BCUT2D eigenvalue weighted by Gasteiger charge is 2.11. The van der Waals surface area contributed by atoms with E-state index < -0.39 is 16.8 Å². The van der Waals surface area contributed by atoms with Crippen molar-refractivity contribution in [3.63, 3.8) is 0 Å². The second-order valence-electron chi connectivity index (χ2n) is 1.62. The molecule has 128 valence electrons. The normalized spacial score (nSPS) is 9.35. The minimum Gasteiger partial charge on any atom is -0.481 e. The lowest BCUT2D eigenvalue weighted by molar-refractivity contribution is -0.134. The third-order valence-electron chi connectivity index (χ3n) is 0. The number of alkyl halides is 12. The van der Waals surface area contributed by atoms with Gasteiger partial charge in [0.2, 0.25) is 0 Å². The smallest absolute Gasteiger partial charge is 0.300 e. The lowest BCUT2D eigenvalue weighted by Gasteiger charge is -1.91. The summed E-state index contributed by atoms with van der Waals surface area (Å²) in [6, 6.07) is 0. The van der Waals surface area contributed by atoms with Gasteiger partial charge in [-0.2, -0.15) is 0 Å². The Labute approximate surface area is 177 Å². The van der Waals surface area contributed by atoms with E-state index in [9.17, 15) is 0 Å². The Hall–Kier alpha value is 2.95. The first-order chi connectivity index (χ1) is 8.46. The third-order valence-corrected chi connectivity index (χ3v) is 0. The van der Waals surface area contributed by atoms with Gasteiger partial charge < -0.3 is 5.11 Å². The highest BCUT2D eigenvalue weighted by atomic mass is 35.6. The molecule has 0 rings (SSSR count). The second-order valence-corrected chi connectivity index (χ2v) is 10.5. The van der Waals surface area contributed by atoms with Crippen LogP contribution < -0.4 is 0 Å². The van der Waals surface area contributed by atoms with Crippen LogP contribution in [0.1, 0.15) is 6.92 Å². The summed E-state index contributed by atoms with van der Waals surface area (Å²) in [7, 11) is 0. The van der Waals surface area contributed by atoms with Gasteiger partial charge in [-0.1, -0.05) is 128 Å². The van der Waals surface area contributed by atoms with E-state index in [1.54, 1.807) is 0 Å². The van der Waals surface area contributed by atoms with Crippen LogP contribution in [0.25, 0.3) is 0 Å². The minimum atomic E-state index is -1.61. The molecule has 0 heterocycles. The zero-order valence-electron chi connectivity index (χ0n) is 9.47. The predicted molar refractivity (Wildman–Crippen MR) is 98.7 cm³/mol. The number of carboxylic acids is 1. The monoisotopic (exact) mass is 532 g/mol. The molecule has 0 aromatic rings. The molecule has 0 spiro atoms. The number of carbonyl (C=O) groups is 1. The fourth-order valence-corrected chi connectivity index (χ4v) is 0. The van der Waals surface area contributed by atoms with E-state index in [1.165, 1.54) is 6.38 Å². The predicted octanol–water partition coefficient (Wildman–Crippen LogP) is 8.04. The number of hydrogen-bond donors (Lipinski definition) is 1. The molecule has 0 aliphatic carbocycles. The van der Waals surface area contributed by atoms with Crippen molar-refractivity contribution in [1.82, 2.24) is 0 Å². The van der Waals surface area contributed by atoms with E-state index in [2.05, 4.69) is 11.6 Å². The van der Waals surface area contributed by atoms with Gasteiger partial charge in [0, 0.05) is 13.3 Å². The molecule has 0 amide bonds. The van der Waals surface area contributed by atoms with Gasteiger partial charge >= 0.3 is 0 Å². The highest BCUT2D eigenvalue weighted by molar-refractivity contribution is 6.84. The Morgan fingerprint density at radius 1 is 0.800 bits per heavy atom. The molecular weight excluding hydrogens is 530 g/mol. The maximum Gasteiger partial charge on any atom is 0.300 e.